The number of rotatable bonds is 4. The third-order valence-corrected chi connectivity index (χ3v) is 2.92. The fourth-order valence-corrected chi connectivity index (χ4v) is 1.92. The van der Waals surface area contributed by atoms with Gasteiger partial charge in [0.2, 0.25) is 0 Å². The van der Waals surface area contributed by atoms with Crippen molar-refractivity contribution in [3.05, 3.63) is 52.3 Å². The second kappa shape index (κ2) is 5.72. The molecule has 0 saturated carbocycles. The van der Waals surface area contributed by atoms with Gasteiger partial charge in [0.25, 0.3) is 5.56 Å². The zero-order valence-corrected chi connectivity index (χ0v) is 11.7. The van der Waals surface area contributed by atoms with Gasteiger partial charge in [-0.15, -0.1) is 5.10 Å². The molecule has 0 N–H and O–H groups in total. The summed E-state index contributed by atoms with van der Waals surface area (Å²) in [5.41, 5.74) is 1.63. The molecule has 3 rings (SSSR count). The number of esters is 1. The van der Waals surface area contributed by atoms with Crippen molar-refractivity contribution in [2.24, 2.45) is 0 Å². The second-order valence-electron chi connectivity index (χ2n) is 4.69. The topological polar surface area (TPSA) is 104 Å². The van der Waals surface area contributed by atoms with Crippen molar-refractivity contribution in [2.75, 3.05) is 0 Å². The van der Waals surface area contributed by atoms with E-state index in [9.17, 15) is 9.59 Å². The Balaban J connectivity index is 1.73. The van der Waals surface area contributed by atoms with E-state index in [0.29, 0.717) is 11.3 Å². The highest BCUT2D eigenvalue weighted by Gasteiger charge is 2.08. The molecule has 22 heavy (non-hydrogen) atoms. The van der Waals surface area contributed by atoms with Crippen LogP contribution in [0.15, 0.2) is 35.5 Å². The van der Waals surface area contributed by atoms with E-state index in [4.69, 9.17) is 4.74 Å². The summed E-state index contributed by atoms with van der Waals surface area (Å²) in [4.78, 5) is 27.9. The van der Waals surface area contributed by atoms with Crippen LogP contribution >= 0.6 is 0 Å². The fourth-order valence-electron chi connectivity index (χ4n) is 1.92. The van der Waals surface area contributed by atoms with Crippen LogP contribution in [0.2, 0.25) is 0 Å². The summed E-state index contributed by atoms with van der Waals surface area (Å²) < 4.78 is 7.75. The Labute approximate surface area is 124 Å². The van der Waals surface area contributed by atoms with Crippen LogP contribution in [0.5, 0.6) is 0 Å². The third kappa shape index (κ3) is 2.97. The van der Waals surface area contributed by atoms with E-state index < -0.39 is 5.97 Å². The van der Waals surface area contributed by atoms with Gasteiger partial charge in [0.05, 0.1) is 5.69 Å². The lowest BCUT2D eigenvalue weighted by Crippen LogP contribution is -2.18. The second-order valence-corrected chi connectivity index (χ2v) is 4.69. The lowest BCUT2D eigenvalue weighted by Gasteiger charge is -2.06. The Hall–Kier alpha value is -3.10. The molecule has 0 aromatic carbocycles. The number of fused-ring (bicyclic) bond motifs is 1. The molecule has 0 fully saturated rings. The van der Waals surface area contributed by atoms with Crippen molar-refractivity contribution < 1.29 is 9.53 Å². The maximum Gasteiger partial charge on any atom is 0.328 e. The summed E-state index contributed by atoms with van der Waals surface area (Å²) in [6.45, 7) is 1.71. The van der Waals surface area contributed by atoms with Crippen molar-refractivity contribution >= 4 is 11.6 Å². The minimum Gasteiger partial charge on any atom is -0.458 e. The molecular formula is C13H12N6O3. The van der Waals surface area contributed by atoms with Crippen molar-refractivity contribution in [3.63, 3.8) is 0 Å². The summed E-state index contributed by atoms with van der Waals surface area (Å²) in [7, 11) is 0. The zero-order valence-electron chi connectivity index (χ0n) is 11.7. The van der Waals surface area contributed by atoms with E-state index in [1.54, 1.807) is 12.3 Å². The van der Waals surface area contributed by atoms with Gasteiger partial charge >= 0.3 is 5.97 Å². The molecule has 0 aliphatic rings. The first-order chi connectivity index (χ1) is 10.6. The zero-order chi connectivity index (χ0) is 15.5. The predicted octanol–water partition coefficient (Wildman–Crippen LogP) is -0.267. The molecule has 0 bridgehead atoms. The number of aryl methyl sites for hydroxylation is 1. The van der Waals surface area contributed by atoms with Crippen molar-refractivity contribution in [1.82, 2.24) is 29.6 Å². The van der Waals surface area contributed by atoms with E-state index in [1.165, 1.54) is 21.5 Å². The monoisotopic (exact) mass is 300 g/mol. The Bertz CT molecular complexity index is 871. The van der Waals surface area contributed by atoms with Gasteiger partial charge in [-0.05, 0) is 29.0 Å². The Morgan fingerprint density at radius 1 is 1.36 bits per heavy atom. The van der Waals surface area contributed by atoms with Crippen LogP contribution in [-0.2, 0) is 22.7 Å². The van der Waals surface area contributed by atoms with Crippen LogP contribution in [-0.4, -0.2) is 35.6 Å². The first-order valence-electron chi connectivity index (χ1n) is 6.47. The summed E-state index contributed by atoms with van der Waals surface area (Å²) in [5.74, 6) is -0.516. The molecule has 0 amide bonds. The van der Waals surface area contributed by atoms with E-state index >= 15 is 0 Å². The lowest BCUT2D eigenvalue weighted by molar-refractivity contribution is -0.146. The number of carbonyl (C=O) groups is 1. The van der Waals surface area contributed by atoms with Gasteiger partial charge in [0.15, 0.2) is 0 Å². The summed E-state index contributed by atoms with van der Waals surface area (Å²) >= 11 is 0. The summed E-state index contributed by atoms with van der Waals surface area (Å²) in [5, 5.41) is 10.4. The molecule has 3 heterocycles. The van der Waals surface area contributed by atoms with Crippen LogP contribution in [0.25, 0.3) is 5.65 Å². The molecule has 3 aromatic heterocycles. The number of carbonyl (C=O) groups excluding carboxylic acids is 1. The van der Waals surface area contributed by atoms with Gasteiger partial charge in [-0.1, -0.05) is 6.07 Å². The van der Waals surface area contributed by atoms with Crippen LogP contribution in [0.4, 0.5) is 0 Å². The fraction of sp³-hybridized carbons (Fsp3) is 0.231. The van der Waals surface area contributed by atoms with E-state index in [0.717, 1.165) is 5.56 Å². The van der Waals surface area contributed by atoms with E-state index in [1.807, 2.05) is 13.0 Å². The molecule has 0 aliphatic carbocycles. The number of aromatic nitrogens is 6. The highest BCUT2D eigenvalue weighted by atomic mass is 16.5. The minimum absolute atomic E-state index is 0.0828. The SMILES string of the molecule is Cc1ccc2nc(COC(=O)Cn3cnnn3)cc(=O)n2c1. The first-order valence-corrected chi connectivity index (χ1v) is 6.47. The molecule has 9 nitrogen and oxygen atoms in total. The van der Waals surface area contributed by atoms with Gasteiger partial charge in [-0.25, -0.2) is 9.67 Å². The molecular weight excluding hydrogens is 288 g/mol. The van der Waals surface area contributed by atoms with Gasteiger partial charge < -0.3 is 4.74 Å². The van der Waals surface area contributed by atoms with Crippen LogP contribution in [0.1, 0.15) is 11.3 Å². The molecule has 0 radical (unpaired) electrons. The van der Waals surface area contributed by atoms with Gasteiger partial charge in [0.1, 0.15) is 25.1 Å². The number of ether oxygens (including phenoxy) is 1. The molecule has 0 unspecified atom stereocenters. The summed E-state index contributed by atoms with van der Waals surface area (Å²) in [6.07, 6.45) is 3.02. The van der Waals surface area contributed by atoms with E-state index in [2.05, 4.69) is 20.5 Å². The van der Waals surface area contributed by atoms with Gasteiger partial charge in [-0.3, -0.25) is 14.0 Å². The average molecular weight is 300 g/mol. The summed E-state index contributed by atoms with van der Waals surface area (Å²) in [6, 6.07) is 4.94. The normalized spacial score (nSPS) is 10.8. The third-order valence-electron chi connectivity index (χ3n) is 2.92. The van der Waals surface area contributed by atoms with Crippen LogP contribution in [0.3, 0.4) is 0 Å². The highest BCUT2D eigenvalue weighted by molar-refractivity contribution is 5.68. The Kier molecular flexibility index (Phi) is 3.60. The maximum atomic E-state index is 12.0. The number of hydrogen-bond acceptors (Lipinski definition) is 7. The highest BCUT2D eigenvalue weighted by Crippen LogP contribution is 2.03. The quantitative estimate of drug-likeness (QED) is 0.611. The standard InChI is InChI=1S/C13H12N6O3/c1-9-2-3-11-15-10(4-12(20)19(11)5-9)7-22-13(21)6-18-8-14-16-17-18/h2-5,8H,6-7H2,1H3. The molecule has 0 saturated heterocycles. The van der Waals surface area contributed by atoms with Crippen molar-refractivity contribution in [3.8, 4) is 0 Å². The average Bonchev–Trinajstić information content (AvgIpc) is 2.99. The van der Waals surface area contributed by atoms with Crippen LogP contribution < -0.4 is 5.56 Å². The smallest absolute Gasteiger partial charge is 0.328 e. The first kappa shape index (κ1) is 13.9. The molecule has 0 spiro atoms. The Morgan fingerprint density at radius 3 is 3.00 bits per heavy atom. The van der Waals surface area contributed by atoms with Gasteiger partial charge in [-0.2, -0.15) is 0 Å². The van der Waals surface area contributed by atoms with Crippen molar-refractivity contribution in [1.29, 1.82) is 0 Å². The van der Waals surface area contributed by atoms with Gasteiger partial charge in [0, 0.05) is 12.3 Å². The number of pyridine rings is 1. The Morgan fingerprint density at radius 2 is 2.23 bits per heavy atom. The number of hydrogen-bond donors (Lipinski definition) is 0. The van der Waals surface area contributed by atoms with E-state index in [-0.39, 0.29) is 18.7 Å². The molecule has 3 aromatic rings. The largest absolute Gasteiger partial charge is 0.458 e. The number of tetrazole rings is 1. The molecule has 9 heteroatoms. The molecule has 0 atom stereocenters. The minimum atomic E-state index is -0.516. The molecule has 0 aliphatic heterocycles. The predicted molar refractivity (Wildman–Crippen MR) is 73.8 cm³/mol. The van der Waals surface area contributed by atoms with Crippen LogP contribution in [0, 0.1) is 6.92 Å². The van der Waals surface area contributed by atoms with Crippen molar-refractivity contribution in [2.45, 2.75) is 20.1 Å². The maximum absolute atomic E-state index is 12.0. The number of nitrogens with zero attached hydrogens (tertiary/aromatic N) is 6. The molecule has 112 valence electrons. The lowest BCUT2D eigenvalue weighted by atomic mass is 10.3.